The SMILES string of the molecule is C=CCOc1cccc(NC(=S)NCCCc2ccc(OC)cc2)c1. The molecule has 0 aromatic heterocycles. The zero-order chi connectivity index (χ0) is 17.9. The molecular weight excluding hydrogens is 332 g/mol. The second-order valence-electron chi connectivity index (χ2n) is 5.46. The first kappa shape index (κ1) is 18.8. The molecule has 0 unspecified atom stereocenters. The van der Waals surface area contributed by atoms with E-state index in [0.29, 0.717) is 11.7 Å². The van der Waals surface area contributed by atoms with Crippen molar-refractivity contribution < 1.29 is 9.47 Å². The Kier molecular flexibility index (Phi) is 7.79. The molecule has 5 heteroatoms. The number of hydrogen-bond donors (Lipinski definition) is 2. The van der Waals surface area contributed by atoms with Crippen LogP contribution < -0.4 is 20.1 Å². The number of methoxy groups -OCH3 is 1. The van der Waals surface area contributed by atoms with Crippen molar-refractivity contribution in [1.29, 1.82) is 0 Å². The molecule has 25 heavy (non-hydrogen) atoms. The molecule has 2 aromatic carbocycles. The minimum absolute atomic E-state index is 0.484. The Hall–Kier alpha value is -2.53. The molecule has 0 aliphatic rings. The van der Waals surface area contributed by atoms with E-state index in [2.05, 4.69) is 29.3 Å². The van der Waals surface area contributed by atoms with Crippen molar-refractivity contribution in [3.05, 3.63) is 66.7 Å². The zero-order valence-electron chi connectivity index (χ0n) is 14.5. The van der Waals surface area contributed by atoms with E-state index in [1.54, 1.807) is 13.2 Å². The topological polar surface area (TPSA) is 42.5 Å². The summed E-state index contributed by atoms with van der Waals surface area (Å²) in [6.45, 7) is 4.93. The molecule has 2 aromatic rings. The summed E-state index contributed by atoms with van der Waals surface area (Å²) in [4.78, 5) is 0. The van der Waals surface area contributed by atoms with Gasteiger partial charge in [-0.15, -0.1) is 0 Å². The van der Waals surface area contributed by atoms with Crippen LogP contribution in [-0.4, -0.2) is 25.4 Å². The monoisotopic (exact) mass is 356 g/mol. The molecule has 0 saturated carbocycles. The van der Waals surface area contributed by atoms with Crippen molar-refractivity contribution in [1.82, 2.24) is 5.32 Å². The molecule has 0 radical (unpaired) electrons. The maximum absolute atomic E-state index is 5.51. The van der Waals surface area contributed by atoms with E-state index in [9.17, 15) is 0 Å². The Balaban J connectivity index is 1.70. The van der Waals surface area contributed by atoms with Gasteiger partial charge in [0, 0.05) is 18.3 Å². The number of anilines is 1. The van der Waals surface area contributed by atoms with Crippen molar-refractivity contribution in [2.24, 2.45) is 0 Å². The van der Waals surface area contributed by atoms with Gasteiger partial charge >= 0.3 is 0 Å². The van der Waals surface area contributed by atoms with Crippen LogP contribution in [0.4, 0.5) is 5.69 Å². The van der Waals surface area contributed by atoms with E-state index in [4.69, 9.17) is 21.7 Å². The summed E-state index contributed by atoms with van der Waals surface area (Å²) in [5.74, 6) is 1.67. The first-order valence-corrected chi connectivity index (χ1v) is 8.63. The highest BCUT2D eigenvalue weighted by Gasteiger charge is 2.00. The fourth-order valence-electron chi connectivity index (χ4n) is 2.28. The third-order valence-corrected chi connectivity index (χ3v) is 3.79. The number of aryl methyl sites for hydroxylation is 1. The van der Waals surface area contributed by atoms with E-state index in [1.165, 1.54) is 5.56 Å². The summed E-state index contributed by atoms with van der Waals surface area (Å²) in [5, 5.41) is 7.00. The van der Waals surface area contributed by atoms with Crippen LogP contribution in [-0.2, 0) is 6.42 Å². The van der Waals surface area contributed by atoms with Gasteiger partial charge in [0.25, 0.3) is 0 Å². The van der Waals surface area contributed by atoms with Gasteiger partial charge in [-0.25, -0.2) is 0 Å². The summed E-state index contributed by atoms with van der Waals surface area (Å²) in [6.07, 6.45) is 3.70. The summed E-state index contributed by atoms with van der Waals surface area (Å²) in [7, 11) is 1.67. The number of thiocarbonyl (C=S) groups is 1. The van der Waals surface area contributed by atoms with Crippen LogP contribution in [0.25, 0.3) is 0 Å². The molecule has 0 spiro atoms. The normalized spacial score (nSPS) is 9.96. The molecule has 0 atom stereocenters. The van der Waals surface area contributed by atoms with Crippen molar-refractivity contribution in [3.8, 4) is 11.5 Å². The standard InChI is InChI=1S/C20H24N2O2S/c1-3-14-24-19-8-4-7-17(15-19)22-20(25)21-13-5-6-16-9-11-18(23-2)12-10-16/h3-4,7-12,15H,1,5-6,13-14H2,2H3,(H2,21,22,25). The second-order valence-corrected chi connectivity index (χ2v) is 5.87. The highest BCUT2D eigenvalue weighted by molar-refractivity contribution is 7.80. The van der Waals surface area contributed by atoms with Crippen molar-refractivity contribution in [2.45, 2.75) is 12.8 Å². The summed E-state index contributed by atoms with van der Waals surface area (Å²) >= 11 is 5.33. The van der Waals surface area contributed by atoms with Crippen molar-refractivity contribution in [2.75, 3.05) is 25.6 Å². The molecule has 0 bridgehead atoms. The van der Waals surface area contributed by atoms with E-state index < -0.39 is 0 Å². The molecule has 0 fully saturated rings. The minimum Gasteiger partial charge on any atom is -0.497 e. The second kappa shape index (κ2) is 10.4. The fourth-order valence-corrected chi connectivity index (χ4v) is 2.50. The number of hydrogen-bond acceptors (Lipinski definition) is 3. The van der Waals surface area contributed by atoms with Crippen LogP contribution in [0.2, 0.25) is 0 Å². The van der Waals surface area contributed by atoms with Gasteiger partial charge in [0.05, 0.1) is 7.11 Å². The lowest BCUT2D eigenvalue weighted by Gasteiger charge is -2.12. The van der Waals surface area contributed by atoms with E-state index in [-0.39, 0.29) is 0 Å². The highest BCUT2D eigenvalue weighted by atomic mass is 32.1. The quantitative estimate of drug-likeness (QED) is 0.401. The predicted molar refractivity (Wildman–Crippen MR) is 108 cm³/mol. The Morgan fingerprint density at radius 1 is 1.16 bits per heavy atom. The molecule has 0 aliphatic heterocycles. The fraction of sp³-hybridized carbons (Fsp3) is 0.250. The maximum Gasteiger partial charge on any atom is 0.170 e. The van der Waals surface area contributed by atoms with Gasteiger partial charge in [0.15, 0.2) is 5.11 Å². The average Bonchev–Trinajstić information content (AvgIpc) is 2.64. The van der Waals surface area contributed by atoms with Crippen LogP contribution in [0, 0.1) is 0 Å². The van der Waals surface area contributed by atoms with Gasteiger partial charge in [-0.2, -0.15) is 0 Å². The molecule has 132 valence electrons. The van der Waals surface area contributed by atoms with Crippen LogP contribution >= 0.6 is 12.2 Å². The van der Waals surface area contributed by atoms with Crippen LogP contribution in [0.1, 0.15) is 12.0 Å². The molecule has 2 N–H and O–H groups in total. The molecular formula is C20H24N2O2S. The largest absolute Gasteiger partial charge is 0.497 e. The first-order chi connectivity index (χ1) is 12.2. The minimum atomic E-state index is 0.484. The summed E-state index contributed by atoms with van der Waals surface area (Å²) < 4.78 is 10.7. The average molecular weight is 356 g/mol. The lowest BCUT2D eigenvalue weighted by molar-refractivity contribution is 0.363. The number of ether oxygens (including phenoxy) is 2. The number of nitrogens with one attached hydrogen (secondary N) is 2. The Bertz CT molecular complexity index is 686. The third-order valence-electron chi connectivity index (χ3n) is 3.55. The van der Waals surface area contributed by atoms with Crippen molar-refractivity contribution >= 4 is 23.0 Å². The smallest absolute Gasteiger partial charge is 0.170 e. The van der Waals surface area contributed by atoms with Gasteiger partial charge in [-0.1, -0.05) is 30.9 Å². The van der Waals surface area contributed by atoms with Gasteiger partial charge in [-0.05, 0) is 54.9 Å². The van der Waals surface area contributed by atoms with E-state index in [0.717, 1.165) is 36.6 Å². The van der Waals surface area contributed by atoms with Crippen LogP contribution in [0.3, 0.4) is 0 Å². The maximum atomic E-state index is 5.51. The molecule has 0 heterocycles. The number of rotatable bonds is 9. The summed E-state index contributed by atoms with van der Waals surface area (Å²) in [6, 6.07) is 15.8. The zero-order valence-corrected chi connectivity index (χ0v) is 15.3. The molecule has 0 aliphatic carbocycles. The summed E-state index contributed by atoms with van der Waals surface area (Å²) in [5.41, 5.74) is 2.18. The predicted octanol–water partition coefficient (Wildman–Crippen LogP) is 4.18. The Labute approximate surface area is 154 Å². The van der Waals surface area contributed by atoms with E-state index >= 15 is 0 Å². The highest BCUT2D eigenvalue weighted by Crippen LogP contribution is 2.17. The van der Waals surface area contributed by atoms with Gasteiger partial charge in [-0.3, -0.25) is 0 Å². The molecule has 0 amide bonds. The third kappa shape index (κ3) is 6.85. The van der Waals surface area contributed by atoms with E-state index in [1.807, 2.05) is 36.4 Å². The lowest BCUT2D eigenvalue weighted by Crippen LogP contribution is -2.29. The lowest BCUT2D eigenvalue weighted by atomic mass is 10.1. The molecule has 2 rings (SSSR count). The Morgan fingerprint density at radius 3 is 2.68 bits per heavy atom. The molecule has 0 saturated heterocycles. The van der Waals surface area contributed by atoms with Gasteiger partial charge < -0.3 is 20.1 Å². The van der Waals surface area contributed by atoms with Crippen LogP contribution in [0.15, 0.2) is 61.2 Å². The van der Waals surface area contributed by atoms with Gasteiger partial charge in [0.2, 0.25) is 0 Å². The molecule has 4 nitrogen and oxygen atoms in total. The van der Waals surface area contributed by atoms with Gasteiger partial charge in [0.1, 0.15) is 18.1 Å². The van der Waals surface area contributed by atoms with Crippen molar-refractivity contribution in [3.63, 3.8) is 0 Å². The first-order valence-electron chi connectivity index (χ1n) is 8.23. The Morgan fingerprint density at radius 2 is 1.96 bits per heavy atom. The number of benzene rings is 2. The van der Waals surface area contributed by atoms with Crippen LogP contribution in [0.5, 0.6) is 11.5 Å².